The standard InChI is InChI=1S/C19H26FN3O2/c20-17-7-5-16(6-8-17)19(25)23-12-4-9-21(13-14-23)15-18(24)22-10-2-1-3-11-22/h5-8H,1-4,9-15H2. The number of nitrogens with zero attached hydrogens (tertiary/aromatic N) is 3. The summed E-state index contributed by atoms with van der Waals surface area (Å²) >= 11 is 0. The van der Waals surface area contributed by atoms with Gasteiger partial charge in [-0.1, -0.05) is 0 Å². The minimum absolute atomic E-state index is 0.0655. The van der Waals surface area contributed by atoms with E-state index in [-0.39, 0.29) is 17.6 Å². The topological polar surface area (TPSA) is 43.9 Å². The molecule has 2 heterocycles. The van der Waals surface area contributed by atoms with E-state index in [1.165, 1.54) is 30.7 Å². The molecule has 2 saturated heterocycles. The van der Waals surface area contributed by atoms with Crippen molar-refractivity contribution in [3.05, 3.63) is 35.6 Å². The molecule has 0 bridgehead atoms. The van der Waals surface area contributed by atoms with Gasteiger partial charge >= 0.3 is 0 Å². The Labute approximate surface area is 148 Å². The molecule has 6 heteroatoms. The monoisotopic (exact) mass is 347 g/mol. The van der Waals surface area contributed by atoms with Crippen LogP contribution < -0.4 is 0 Å². The van der Waals surface area contributed by atoms with Gasteiger partial charge < -0.3 is 9.80 Å². The number of carbonyl (C=O) groups is 2. The fourth-order valence-corrected chi connectivity index (χ4v) is 3.54. The Bertz CT molecular complexity index is 599. The van der Waals surface area contributed by atoms with Crippen LogP contribution in [0, 0.1) is 5.82 Å². The number of rotatable bonds is 3. The Hall–Kier alpha value is -1.95. The van der Waals surface area contributed by atoms with E-state index >= 15 is 0 Å². The zero-order valence-corrected chi connectivity index (χ0v) is 14.6. The van der Waals surface area contributed by atoms with Crippen LogP contribution in [0.2, 0.25) is 0 Å². The van der Waals surface area contributed by atoms with Crippen LogP contribution in [0.5, 0.6) is 0 Å². The molecule has 0 N–H and O–H groups in total. The molecular weight excluding hydrogens is 321 g/mol. The maximum absolute atomic E-state index is 13.0. The Kier molecular flexibility index (Phi) is 6.02. The van der Waals surface area contributed by atoms with Gasteiger partial charge in [-0.25, -0.2) is 4.39 Å². The second-order valence-electron chi connectivity index (χ2n) is 6.87. The predicted octanol–water partition coefficient (Wildman–Crippen LogP) is 1.99. The van der Waals surface area contributed by atoms with Gasteiger partial charge in [0.05, 0.1) is 6.54 Å². The summed E-state index contributed by atoms with van der Waals surface area (Å²) in [5.41, 5.74) is 0.513. The maximum atomic E-state index is 13.0. The zero-order chi connectivity index (χ0) is 17.6. The summed E-state index contributed by atoms with van der Waals surface area (Å²) in [7, 11) is 0. The lowest BCUT2D eigenvalue weighted by Gasteiger charge is -2.29. The lowest BCUT2D eigenvalue weighted by atomic mass is 10.1. The predicted molar refractivity (Wildman–Crippen MR) is 93.8 cm³/mol. The number of carbonyl (C=O) groups excluding carboxylic acids is 2. The molecule has 2 aliphatic heterocycles. The van der Waals surface area contributed by atoms with E-state index in [9.17, 15) is 14.0 Å². The van der Waals surface area contributed by atoms with Crippen molar-refractivity contribution in [2.75, 3.05) is 45.8 Å². The number of halogens is 1. The molecule has 3 rings (SSSR count). The van der Waals surface area contributed by atoms with Crippen molar-refractivity contribution in [2.45, 2.75) is 25.7 Å². The number of piperidine rings is 1. The van der Waals surface area contributed by atoms with E-state index in [1.807, 2.05) is 4.90 Å². The molecule has 5 nitrogen and oxygen atoms in total. The molecule has 0 aliphatic carbocycles. The zero-order valence-electron chi connectivity index (χ0n) is 14.6. The van der Waals surface area contributed by atoms with Crippen LogP contribution in [0.15, 0.2) is 24.3 Å². The van der Waals surface area contributed by atoms with Crippen LogP contribution in [-0.2, 0) is 4.79 Å². The van der Waals surface area contributed by atoms with Gasteiger partial charge in [0.1, 0.15) is 5.82 Å². The lowest BCUT2D eigenvalue weighted by Crippen LogP contribution is -2.44. The molecule has 25 heavy (non-hydrogen) atoms. The smallest absolute Gasteiger partial charge is 0.253 e. The first kappa shape index (κ1) is 17.9. The quantitative estimate of drug-likeness (QED) is 0.840. The number of likely N-dealkylation sites (tertiary alicyclic amines) is 1. The van der Waals surface area contributed by atoms with Gasteiger partial charge in [0.15, 0.2) is 0 Å². The summed E-state index contributed by atoms with van der Waals surface area (Å²) in [6.07, 6.45) is 4.27. The molecule has 1 aromatic carbocycles. The minimum atomic E-state index is -0.338. The van der Waals surface area contributed by atoms with E-state index in [2.05, 4.69) is 4.90 Å². The van der Waals surface area contributed by atoms with E-state index in [4.69, 9.17) is 0 Å². The third kappa shape index (κ3) is 4.78. The van der Waals surface area contributed by atoms with Crippen molar-refractivity contribution in [3.8, 4) is 0 Å². The van der Waals surface area contributed by atoms with Crippen LogP contribution in [0.25, 0.3) is 0 Å². The van der Waals surface area contributed by atoms with E-state index in [1.54, 1.807) is 4.90 Å². The third-order valence-corrected chi connectivity index (χ3v) is 5.03. The van der Waals surface area contributed by atoms with Crippen LogP contribution in [0.1, 0.15) is 36.0 Å². The SMILES string of the molecule is O=C(CN1CCCN(C(=O)c2ccc(F)cc2)CC1)N1CCCCC1. The largest absolute Gasteiger partial charge is 0.342 e. The van der Waals surface area contributed by atoms with Crippen molar-refractivity contribution >= 4 is 11.8 Å². The number of amides is 2. The van der Waals surface area contributed by atoms with Gasteiger partial charge in [-0.05, 0) is 49.9 Å². The molecule has 0 aromatic heterocycles. The molecular formula is C19H26FN3O2. The van der Waals surface area contributed by atoms with Crippen LogP contribution >= 0.6 is 0 Å². The Morgan fingerprint density at radius 2 is 1.48 bits per heavy atom. The van der Waals surface area contributed by atoms with E-state index in [0.717, 1.165) is 38.9 Å². The summed E-state index contributed by atoms with van der Waals surface area (Å²) in [5.74, 6) is -0.197. The van der Waals surface area contributed by atoms with Gasteiger partial charge in [-0.3, -0.25) is 14.5 Å². The van der Waals surface area contributed by atoms with Crippen molar-refractivity contribution in [1.82, 2.24) is 14.7 Å². The fourth-order valence-electron chi connectivity index (χ4n) is 3.54. The number of hydrogen-bond donors (Lipinski definition) is 0. The van der Waals surface area contributed by atoms with Gasteiger partial charge in [-0.15, -0.1) is 0 Å². The molecule has 0 atom stereocenters. The molecule has 0 saturated carbocycles. The highest BCUT2D eigenvalue weighted by atomic mass is 19.1. The van der Waals surface area contributed by atoms with Gasteiger partial charge in [-0.2, -0.15) is 0 Å². The van der Waals surface area contributed by atoms with Gasteiger partial charge in [0.25, 0.3) is 5.91 Å². The fraction of sp³-hybridized carbons (Fsp3) is 0.579. The number of hydrogen-bond acceptors (Lipinski definition) is 3. The molecule has 0 unspecified atom stereocenters. The van der Waals surface area contributed by atoms with Crippen LogP contribution in [0.4, 0.5) is 4.39 Å². The summed E-state index contributed by atoms with van der Waals surface area (Å²) in [4.78, 5) is 30.9. The molecule has 2 aliphatic rings. The molecule has 2 amide bonds. The Morgan fingerprint density at radius 1 is 0.800 bits per heavy atom. The second-order valence-corrected chi connectivity index (χ2v) is 6.87. The highest BCUT2D eigenvalue weighted by Gasteiger charge is 2.23. The van der Waals surface area contributed by atoms with Crippen molar-refractivity contribution in [3.63, 3.8) is 0 Å². The minimum Gasteiger partial charge on any atom is -0.342 e. The van der Waals surface area contributed by atoms with Crippen molar-refractivity contribution in [2.24, 2.45) is 0 Å². The van der Waals surface area contributed by atoms with Crippen LogP contribution in [-0.4, -0.2) is 72.3 Å². The summed E-state index contributed by atoms with van der Waals surface area (Å²) in [6.45, 7) is 5.00. The Morgan fingerprint density at radius 3 is 2.20 bits per heavy atom. The average molecular weight is 347 g/mol. The van der Waals surface area contributed by atoms with Gasteiger partial charge in [0, 0.05) is 44.8 Å². The summed E-state index contributed by atoms with van der Waals surface area (Å²) in [5, 5.41) is 0. The van der Waals surface area contributed by atoms with E-state index < -0.39 is 0 Å². The van der Waals surface area contributed by atoms with E-state index in [0.29, 0.717) is 31.7 Å². The maximum Gasteiger partial charge on any atom is 0.253 e. The molecule has 0 radical (unpaired) electrons. The first-order valence-electron chi connectivity index (χ1n) is 9.18. The summed E-state index contributed by atoms with van der Waals surface area (Å²) < 4.78 is 13.0. The lowest BCUT2D eigenvalue weighted by molar-refractivity contribution is -0.133. The third-order valence-electron chi connectivity index (χ3n) is 5.03. The number of benzene rings is 1. The molecule has 1 aromatic rings. The molecule has 0 spiro atoms. The molecule has 2 fully saturated rings. The highest BCUT2D eigenvalue weighted by molar-refractivity contribution is 5.94. The second kappa shape index (κ2) is 8.43. The molecule has 136 valence electrons. The average Bonchev–Trinajstić information content (AvgIpc) is 2.88. The summed E-state index contributed by atoms with van der Waals surface area (Å²) in [6, 6.07) is 5.68. The first-order valence-corrected chi connectivity index (χ1v) is 9.18. The van der Waals surface area contributed by atoms with Crippen molar-refractivity contribution in [1.29, 1.82) is 0 Å². The normalized spacial score (nSPS) is 19.6. The van der Waals surface area contributed by atoms with Crippen LogP contribution in [0.3, 0.4) is 0 Å². The first-order chi connectivity index (χ1) is 12.1. The Balaban J connectivity index is 1.52. The van der Waals surface area contributed by atoms with Crippen molar-refractivity contribution < 1.29 is 14.0 Å². The van der Waals surface area contributed by atoms with Gasteiger partial charge in [0.2, 0.25) is 5.91 Å². The highest BCUT2D eigenvalue weighted by Crippen LogP contribution is 2.12.